The molecule has 0 unspecified atom stereocenters. The summed E-state index contributed by atoms with van der Waals surface area (Å²) in [5.41, 5.74) is 6.47. The van der Waals surface area contributed by atoms with Gasteiger partial charge in [-0.15, -0.1) is 0 Å². The van der Waals surface area contributed by atoms with Gasteiger partial charge in [0.1, 0.15) is 5.75 Å². The van der Waals surface area contributed by atoms with Crippen LogP contribution in [0.2, 0.25) is 10.0 Å². The van der Waals surface area contributed by atoms with Crippen LogP contribution >= 0.6 is 39.1 Å². The van der Waals surface area contributed by atoms with Gasteiger partial charge < -0.3 is 9.30 Å². The lowest BCUT2D eigenvalue weighted by atomic mass is 10.2. The van der Waals surface area contributed by atoms with E-state index in [4.69, 9.17) is 27.9 Å². The first-order chi connectivity index (χ1) is 13.9. The molecule has 0 spiro atoms. The molecule has 3 aromatic rings. The second-order valence-electron chi connectivity index (χ2n) is 6.27. The molecule has 0 saturated carbocycles. The maximum Gasteiger partial charge on any atom is 0.277 e. The molecule has 1 N–H and O–H groups in total. The Bertz CT molecular complexity index is 1080. The summed E-state index contributed by atoms with van der Waals surface area (Å²) < 4.78 is 8.51. The predicted octanol–water partition coefficient (Wildman–Crippen LogP) is 5.69. The molecule has 1 aromatic heterocycles. The summed E-state index contributed by atoms with van der Waals surface area (Å²) in [6, 6.07) is 14.8. The monoisotopic (exact) mass is 493 g/mol. The van der Waals surface area contributed by atoms with E-state index in [0.29, 0.717) is 15.8 Å². The Hall–Kier alpha value is -2.28. The number of hydrazone groups is 1. The predicted molar refractivity (Wildman–Crippen MR) is 121 cm³/mol. The Kier molecular flexibility index (Phi) is 7.00. The first-order valence-electron chi connectivity index (χ1n) is 8.70. The number of ether oxygens (including phenoxy) is 1. The third-order valence-corrected chi connectivity index (χ3v) is 5.41. The summed E-state index contributed by atoms with van der Waals surface area (Å²) in [5.74, 6) is -0.0148. The SMILES string of the molecule is Cc1cc(/C=N\NC(=O)COc2ccc(Cl)cc2Cl)c(C)n1-c1ccccc1Br. The van der Waals surface area contributed by atoms with Crippen LogP contribution in [0.1, 0.15) is 17.0 Å². The molecule has 3 rings (SSSR count). The summed E-state index contributed by atoms with van der Waals surface area (Å²) in [6.45, 7) is 3.81. The lowest BCUT2D eigenvalue weighted by molar-refractivity contribution is -0.123. The molecule has 8 heteroatoms. The normalized spacial score (nSPS) is 11.1. The third-order valence-electron chi connectivity index (χ3n) is 4.21. The zero-order chi connectivity index (χ0) is 21.0. The number of para-hydroxylation sites is 1. The van der Waals surface area contributed by atoms with E-state index in [1.807, 2.05) is 44.2 Å². The van der Waals surface area contributed by atoms with Crippen molar-refractivity contribution in [1.29, 1.82) is 0 Å². The Morgan fingerprint density at radius 3 is 2.69 bits per heavy atom. The van der Waals surface area contributed by atoms with Gasteiger partial charge in [-0.05, 0) is 66.2 Å². The lowest BCUT2D eigenvalue weighted by Crippen LogP contribution is -2.24. The number of rotatable bonds is 6. The fraction of sp³-hybridized carbons (Fsp3) is 0.143. The van der Waals surface area contributed by atoms with Crippen molar-refractivity contribution < 1.29 is 9.53 Å². The third kappa shape index (κ3) is 5.21. The summed E-state index contributed by atoms with van der Waals surface area (Å²) in [5, 5.41) is 4.88. The average molecular weight is 495 g/mol. The smallest absolute Gasteiger partial charge is 0.277 e. The fourth-order valence-corrected chi connectivity index (χ4v) is 3.79. The van der Waals surface area contributed by atoms with Gasteiger partial charge >= 0.3 is 0 Å². The number of hydrogen-bond acceptors (Lipinski definition) is 3. The molecule has 1 heterocycles. The highest BCUT2D eigenvalue weighted by Crippen LogP contribution is 2.27. The van der Waals surface area contributed by atoms with Crippen molar-refractivity contribution in [3.8, 4) is 11.4 Å². The van der Waals surface area contributed by atoms with Crippen molar-refractivity contribution in [2.24, 2.45) is 5.10 Å². The molecular formula is C21H18BrCl2N3O2. The van der Waals surface area contributed by atoms with E-state index in [-0.39, 0.29) is 6.61 Å². The van der Waals surface area contributed by atoms with E-state index in [1.54, 1.807) is 24.4 Å². The number of nitrogens with one attached hydrogen (secondary N) is 1. The Labute approximate surface area is 187 Å². The van der Waals surface area contributed by atoms with Crippen molar-refractivity contribution in [3.63, 3.8) is 0 Å². The molecular weight excluding hydrogens is 477 g/mol. The standard InChI is InChI=1S/C21H18BrCl2N3O2/c1-13-9-15(14(2)27(13)19-6-4-3-5-17(19)22)11-25-26-21(28)12-29-20-8-7-16(23)10-18(20)24/h3-11H,12H2,1-2H3,(H,26,28)/b25-11-. The van der Waals surface area contributed by atoms with E-state index in [9.17, 15) is 4.79 Å². The molecule has 150 valence electrons. The number of amides is 1. The topological polar surface area (TPSA) is 55.6 Å². The minimum Gasteiger partial charge on any atom is -0.482 e. The molecule has 0 aliphatic heterocycles. The molecule has 0 radical (unpaired) electrons. The van der Waals surface area contributed by atoms with Crippen LogP contribution in [-0.4, -0.2) is 23.3 Å². The molecule has 0 aliphatic carbocycles. The van der Waals surface area contributed by atoms with Crippen molar-refractivity contribution in [2.75, 3.05) is 6.61 Å². The van der Waals surface area contributed by atoms with Crippen molar-refractivity contribution in [1.82, 2.24) is 9.99 Å². The molecule has 0 aliphatic rings. The minimum absolute atomic E-state index is 0.214. The van der Waals surface area contributed by atoms with Crippen molar-refractivity contribution in [2.45, 2.75) is 13.8 Å². The number of aryl methyl sites for hydroxylation is 1. The largest absolute Gasteiger partial charge is 0.482 e. The van der Waals surface area contributed by atoms with E-state index >= 15 is 0 Å². The Balaban J connectivity index is 1.64. The summed E-state index contributed by atoms with van der Waals surface area (Å²) in [6.07, 6.45) is 1.61. The van der Waals surface area contributed by atoms with Crippen LogP contribution in [0.25, 0.3) is 5.69 Å². The summed E-state index contributed by atoms with van der Waals surface area (Å²) >= 11 is 15.4. The van der Waals surface area contributed by atoms with Gasteiger partial charge in [0.15, 0.2) is 6.61 Å². The van der Waals surface area contributed by atoms with Gasteiger partial charge in [0.2, 0.25) is 0 Å². The molecule has 0 fully saturated rings. The molecule has 0 bridgehead atoms. The lowest BCUT2D eigenvalue weighted by Gasteiger charge is -2.11. The first-order valence-corrected chi connectivity index (χ1v) is 10.3. The second kappa shape index (κ2) is 9.48. The van der Waals surface area contributed by atoms with Gasteiger partial charge in [-0.2, -0.15) is 5.10 Å². The van der Waals surface area contributed by atoms with E-state index in [0.717, 1.165) is 27.1 Å². The van der Waals surface area contributed by atoms with Gasteiger partial charge in [-0.25, -0.2) is 5.43 Å². The highest BCUT2D eigenvalue weighted by molar-refractivity contribution is 9.10. The highest BCUT2D eigenvalue weighted by atomic mass is 79.9. The summed E-state index contributed by atoms with van der Waals surface area (Å²) in [4.78, 5) is 12.0. The number of aromatic nitrogens is 1. The van der Waals surface area contributed by atoms with Gasteiger partial charge in [-0.3, -0.25) is 4.79 Å². The maximum atomic E-state index is 12.0. The van der Waals surface area contributed by atoms with E-state index in [1.165, 1.54) is 0 Å². The Morgan fingerprint density at radius 1 is 1.21 bits per heavy atom. The van der Waals surface area contributed by atoms with Crippen LogP contribution in [0.3, 0.4) is 0 Å². The van der Waals surface area contributed by atoms with Gasteiger partial charge in [-0.1, -0.05) is 35.3 Å². The number of carbonyl (C=O) groups excluding carboxylic acids is 1. The van der Waals surface area contributed by atoms with Crippen LogP contribution < -0.4 is 10.2 Å². The van der Waals surface area contributed by atoms with Crippen LogP contribution in [0.15, 0.2) is 58.1 Å². The molecule has 0 atom stereocenters. The van der Waals surface area contributed by atoms with Crippen molar-refractivity contribution in [3.05, 3.63) is 80.0 Å². The molecule has 0 saturated heterocycles. The van der Waals surface area contributed by atoms with Crippen LogP contribution in [0.4, 0.5) is 0 Å². The zero-order valence-corrected chi connectivity index (χ0v) is 18.8. The van der Waals surface area contributed by atoms with E-state index < -0.39 is 5.91 Å². The quantitative estimate of drug-likeness (QED) is 0.353. The van der Waals surface area contributed by atoms with Gasteiger partial charge in [0.05, 0.1) is 16.9 Å². The van der Waals surface area contributed by atoms with Gasteiger partial charge in [0, 0.05) is 26.4 Å². The van der Waals surface area contributed by atoms with Crippen LogP contribution in [0.5, 0.6) is 5.75 Å². The number of carbonyl (C=O) groups is 1. The minimum atomic E-state index is -0.396. The molecule has 5 nitrogen and oxygen atoms in total. The average Bonchev–Trinajstić information content (AvgIpc) is 2.95. The first kappa shape index (κ1) is 21.4. The number of nitrogens with zero attached hydrogens (tertiary/aromatic N) is 2. The highest BCUT2D eigenvalue weighted by Gasteiger charge is 2.11. The summed E-state index contributed by atoms with van der Waals surface area (Å²) in [7, 11) is 0. The number of halogens is 3. The van der Waals surface area contributed by atoms with Crippen LogP contribution in [-0.2, 0) is 4.79 Å². The fourth-order valence-electron chi connectivity index (χ4n) is 2.86. The van der Waals surface area contributed by atoms with Crippen LogP contribution in [0, 0.1) is 13.8 Å². The Morgan fingerprint density at radius 2 is 1.97 bits per heavy atom. The molecule has 2 aromatic carbocycles. The molecule has 1 amide bonds. The zero-order valence-electron chi connectivity index (χ0n) is 15.7. The number of hydrogen-bond donors (Lipinski definition) is 1. The maximum absolute atomic E-state index is 12.0. The second-order valence-corrected chi connectivity index (χ2v) is 7.97. The molecule has 29 heavy (non-hydrogen) atoms. The van der Waals surface area contributed by atoms with E-state index in [2.05, 4.69) is 31.0 Å². The van der Waals surface area contributed by atoms with Gasteiger partial charge in [0.25, 0.3) is 5.91 Å². The number of benzene rings is 2. The van der Waals surface area contributed by atoms with Crippen molar-refractivity contribution >= 4 is 51.3 Å².